The van der Waals surface area contributed by atoms with Gasteiger partial charge in [-0.1, -0.05) is 19.1 Å². The SMILES string of the molecule is CCNCc1ccc(SC)cc1.Cl. The molecule has 74 valence electrons. The molecule has 0 aromatic heterocycles. The molecule has 0 aliphatic carbocycles. The first-order valence-corrected chi connectivity index (χ1v) is 5.43. The first-order chi connectivity index (χ1) is 5.86. The highest BCUT2D eigenvalue weighted by atomic mass is 35.5. The second kappa shape index (κ2) is 7.25. The van der Waals surface area contributed by atoms with Gasteiger partial charge in [0.25, 0.3) is 0 Å². The van der Waals surface area contributed by atoms with Crippen LogP contribution in [-0.2, 0) is 6.54 Å². The van der Waals surface area contributed by atoms with Crippen molar-refractivity contribution in [3.05, 3.63) is 29.8 Å². The summed E-state index contributed by atoms with van der Waals surface area (Å²) in [5, 5.41) is 3.30. The van der Waals surface area contributed by atoms with Crippen molar-refractivity contribution in [3.63, 3.8) is 0 Å². The predicted molar refractivity (Wildman–Crippen MR) is 62.9 cm³/mol. The van der Waals surface area contributed by atoms with Gasteiger partial charge in [0.1, 0.15) is 0 Å². The van der Waals surface area contributed by atoms with Crippen molar-refractivity contribution < 1.29 is 0 Å². The molecule has 0 aliphatic heterocycles. The Morgan fingerprint density at radius 2 is 1.85 bits per heavy atom. The lowest BCUT2D eigenvalue weighted by atomic mass is 10.2. The molecule has 1 N–H and O–H groups in total. The van der Waals surface area contributed by atoms with Gasteiger partial charge in [-0.2, -0.15) is 0 Å². The Bertz CT molecular complexity index is 223. The van der Waals surface area contributed by atoms with Crippen molar-refractivity contribution in [2.24, 2.45) is 0 Å². The summed E-state index contributed by atoms with van der Waals surface area (Å²) in [6, 6.07) is 8.68. The molecule has 1 nitrogen and oxygen atoms in total. The standard InChI is InChI=1S/C10H15NS.ClH/c1-3-11-8-9-4-6-10(12-2)7-5-9;/h4-7,11H,3,8H2,1-2H3;1H. The first-order valence-electron chi connectivity index (χ1n) is 4.20. The number of hydrogen-bond donors (Lipinski definition) is 1. The lowest BCUT2D eigenvalue weighted by Gasteiger charge is -2.02. The van der Waals surface area contributed by atoms with Crippen LogP contribution >= 0.6 is 24.2 Å². The Kier molecular flexibility index (Phi) is 7.14. The second-order valence-corrected chi connectivity index (χ2v) is 3.51. The molecule has 0 aliphatic rings. The molecule has 1 rings (SSSR count). The molecule has 0 unspecified atom stereocenters. The van der Waals surface area contributed by atoms with Gasteiger partial charge >= 0.3 is 0 Å². The predicted octanol–water partition coefficient (Wildman–Crippen LogP) is 2.94. The van der Waals surface area contributed by atoms with Crippen molar-refractivity contribution in [2.45, 2.75) is 18.4 Å². The van der Waals surface area contributed by atoms with Crippen molar-refractivity contribution in [1.82, 2.24) is 5.32 Å². The maximum Gasteiger partial charge on any atom is 0.0205 e. The van der Waals surface area contributed by atoms with E-state index in [2.05, 4.69) is 42.8 Å². The molecule has 0 saturated carbocycles. The number of nitrogens with one attached hydrogen (secondary N) is 1. The zero-order valence-electron chi connectivity index (χ0n) is 8.04. The van der Waals surface area contributed by atoms with E-state index >= 15 is 0 Å². The van der Waals surface area contributed by atoms with Crippen LogP contribution in [0.15, 0.2) is 29.2 Å². The van der Waals surface area contributed by atoms with Crippen LogP contribution < -0.4 is 5.32 Å². The van der Waals surface area contributed by atoms with Crippen LogP contribution in [0, 0.1) is 0 Å². The lowest BCUT2D eigenvalue weighted by molar-refractivity contribution is 0.726. The quantitative estimate of drug-likeness (QED) is 0.779. The zero-order valence-corrected chi connectivity index (χ0v) is 9.67. The molecule has 0 atom stereocenters. The fourth-order valence-corrected chi connectivity index (χ4v) is 1.42. The van der Waals surface area contributed by atoms with E-state index < -0.39 is 0 Å². The third kappa shape index (κ3) is 4.55. The lowest BCUT2D eigenvalue weighted by Crippen LogP contribution is -2.11. The van der Waals surface area contributed by atoms with Gasteiger partial charge in [-0.05, 0) is 30.5 Å². The summed E-state index contributed by atoms with van der Waals surface area (Å²) >= 11 is 1.78. The molecule has 0 radical (unpaired) electrons. The summed E-state index contributed by atoms with van der Waals surface area (Å²) in [5.74, 6) is 0. The van der Waals surface area contributed by atoms with E-state index in [1.165, 1.54) is 10.5 Å². The van der Waals surface area contributed by atoms with Crippen LogP contribution in [0.5, 0.6) is 0 Å². The van der Waals surface area contributed by atoms with E-state index in [-0.39, 0.29) is 12.4 Å². The summed E-state index contributed by atoms with van der Waals surface area (Å²) in [5.41, 5.74) is 1.36. The minimum Gasteiger partial charge on any atom is -0.313 e. The summed E-state index contributed by atoms with van der Waals surface area (Å²) in [7, 11) is 0. The number of benzene rings is 1. The largest absolute Gasteiger partial charge is 0.313 e. The van der Waals surface area contributed by atoms with Crippen LogP contribution in [0.25, 0.3) is 0 Å². The van der Waals surface area contributed by atoms with Crippen LogP contribution in [0.3, 0.4) is 0 Å². The summed E-state index contributed by atoms with van der Waals surface area (Å²) in [4.78, 5) is 1.33. The number of halogens is 1. The van der Waals surface area contributed by atoms with Gasteiger partial charge in [0.15, 0.2) is 0 Å². The molecular weight excluding hydrogens is 202 g/mol. The van der Waals surface area contributed by atoms with Gasteiger partial charge in [-0.3, -0.25) is 0 Å². The van der Waals surface area contributed by atoms with E-state index in [1.807, 2.05) is 0 Å². The molecule has 1 aromatic rings. The average Bonchev–Trinajstić information content (AvgIpc) is 2.15. The molecule has 13 heavy (non-hydrogen) atoms. The van der Waals surface area contributed by atoms with Gasteiger partial charge in [0.05, 0.1) is 0 Å². The topological polar surface area (TPSA) is 12.0 Å². The van der Waals surface area contributed by atoms with Crippen LogP contribution in [0.4, 0.5) is 0 Å². The molecule has 0 spiro atoms. The highest BCUT2D eigenvalue weighted by molar-refractivity contribution is 7.98. The van der Waals surface area contributed by atoms with E-state index in [4.69, 9.17) is 0 Å². The van der Waals surface area contributed by atoms with E-state index in [9.17, 15) is 0 Å². The van der Waals surface area contributed by atoms with Gasteiger partial charge in [0, 0.05) is 11.4 Å². The fraction of sp³-hybridized carbons (Fsp3) is 0.400. The van der Waals surface area contributed by atoms with Crippen molar-refractivity contribution in [2.75, 3.05) is 12.8 Å². The normalized spacial score (nSPS) is 9.38. The molecule has 1 aromatic carbocycles. The van der Waals surface area contributed by atoms with Crippen molar-refractivity contribution >= 4 is 24.2 Å². The van der Waals surface area contributed by atoms with Gasteiger partial charge in [-0.15, -0.1) is 24.2 Å². The van der Waals surface area contributed by atoms with Crippen LogP contribution in [-0.4, -0.2) is 12.8 Å². The van der Waals surface area contributed by atoms with Gasteiger partial charge in [0.2, 0.25) is 0 Å². The van der Waals surface area contributed by atoms with Gasteiger partial charge < -0.3 is 5.32 Å². The highest BCUT2D eigenvalue weighted by Gasteiger charge is 1.91. The van der Waals surface area contributed by atoms with Crippen LogP contribution in [0.1, 0.15) is 12.5 Å². The Balaban J connectivity index is 0.00000144. The summed E-state index contributed by atoms with van der Waals surface area (Å²) < 4.78 is 0. The molecule has 0 saturated heterocycles. The smallest absolute Gasteiger partial charge is 0.0205 e. The monoisotopic (exact) mass is 217 g/mol. The molecule has 0 heterocycles. The van der Waals surface area contributed by atoms with E-state index in [0.717, 1.165) is 13.1 Å². The third-order valence-corrected chi connectivity index (χ3v) is 2.48. The maximum atomic E-state index is 3.30. The van der Waals surface area contributed by atoms with Gasteiger partial charge in [-0.25, -0.2) is 0 Å². The number of rotatable bonds is 4. The average molecular weight is 218 g/mol. The Morgan fingerprint density at radius 1 is 1.23 bits per heavy atom. The molecule has 0 amide bonds. The zero-order chi connectivity index (χ0) is 8.81. The van der Waals surface area contributed by atoms with E-state index in [0.29, 0.717) is 0 Å². The summed E-state index contributed by atoms with van der Waals surface area (Å²) in [6.07, 6.45) is 2.10. The maximum absolute atomic E-state index is 3.30. The van der Waals surface area contributed by atoms with Crippen LogP contribution in [0.2, 0.25) is 0 Å². The Labute approximate surface area is 90.7 Å². The number of hydrogen-bond acceptors (Lipinski definition) is 2. The first kappa shape index (κ1) is 12.8. The Hall–Kier alpha value is -0.180. The number of thioether (sulfide) groups is 1. The summed E-state index contributed by atoms with van der Waals surface area (Å²) in [6.45, 7) is 4.13. The molecular formula is C10H16ClNS. The minimum absolute atomic E-state index is 0. The van der Waals surface area contributed by atoms with Crippen molar-refractivity contribution in [1.29, 1.82) is 0 Å². The fourth-order valence-electron chi connectivity index (χ4n) is 1.01. The van der Waals surface area contributed by atoms with E-state index in [1.54, 1.807) is 11.8 Å². The second-order valence-electron chi connectivity index (χ2n) is 2.63. The third-order valence-electron chi connectivity index (χ3n) is 1.74. The molecule has 0 fully saturated rings. The highest BCUT2D eigenvalue weighted by Crippen LogP contribution is 2.14. The Morgan fingerprint density at radius 3 is 2.31 bits per heavy atom. The molecule has 3 heteroatoms. The van der Waals surface area contributed by atoms with Crippen molar-refractivity contribution in [3.8, 4) is 0 Å². The molecule has 0 bridgehead atoms. The minimum atomic E-state index is 0.